The van der Waals surface area contributed by atoms with E-state index in [9.17, 15) is 40.9 Å². The molecule has 40 heavy (non-hydrogen) atoms. The maximum absolute atomic E-state index is 10.3. The molecule has 0 bridgehead atoms. The third-order valence-electron chi connectivity index (χ3n) is 7.26. The van der Waals surface area contributed by atoms with Crippen LogP contribution in [0.25, 0.3) is 21.5 Å². The van der Waals surface area contributed by atoms with Crippen molar-refractivity contribution in [1.82, 2.24) is 0 Å². The second-order valence-electron chi connectivity index (χ2n) is 9.80. The minimum absolute atomic E-state index is 0.246. The first-order valence-electron chi connectivity index (χ1n) is 12.7. The first kappa shape index (κ1) is 28.7. The molecule has 0 aliphatic carbocycles. The SMILES string of the molecule is COc1cc(OC2OC(CO)C(O)C(O)C2O)cc2ccc3cc(OC4OC(CO)C(O)C(O)C4O)ccc3c12. The first-order chi connectivity index (χ1) is 19.2. The average molecular weight is 565 g/mol. The van der Waals surface area contributed by atoms with E-state index in [0.717, 1.165) is 16.2 Å². The van der Waals surface area contributed by atoms with E-state index in [1.54, 1.807) is 42.5 Å². The molecule has 3 aromatic carbocycles. The third-order valence-corrected chi connectivity index (χ3v) is 7.26. The predicted octanol–water partition coefficient (Wildman–Crippen LogP) is -1.64. The summed E-state index contributed by atoms with van der Waals surface area (Å²) in [5.41, 5.74) is 0. The van der Waals surface area contributed by atoms with Crippen LogP contribution in [0.3, 0.4) is 0 Å². The Hall–Kier alpha value is -2.82. The van der Waals surface area contributed by atoms with E-state index >= 15 is 0 Å². The molecule has 218 valence electrons. The van der Waals surface area contributed by atoms with Gasteiger partial charge in [0.1, 0.15) is 66.1 Å². The van der Waals surface area contributed by atoms with Crippen molar-refractivity contribution in [3.63, 3.8) is 0 Å². The maximum atomic E-state index is 10.3. The summed E-state index contributed by atoms with van der Waals surface area (Å²) >= 11 is 0. The molecule has 2 saturated heterocycles. The number of aliphatic hydroxyl groups is 8. The lowest BCUT2D eigenvalue weighted by atomic mass is 9.99. The molecule has 0 saturated carbocycles. The summed E-state index contributed by atoms with van der Waals surface area (Å²) < 4.78 is 28.0. The summed E-state index contributed by atoms with van der Waals surface area (Å²) in [6, 6.07) is 11.9. The Morgan fingerprint density at radius 2 is 1.15 bits per heavy atom. The molecule has 0 spiro atoms. The molecule has 5 rings (SSSR count). The van der Waals surface area contributed by atoms with Crippen LogP contribution in [0.1, 0.15) is 0 Å². The van der Waals surface area contributed by atoms with Crippen LogP contribution < -0.4 is 14.2 Å². The van der Waals surface area contributed by atoms with Gasteiger partial charge in [-0.25, -0.2) is 0 Å². The van der Waals surface area contributed by atoms with Crippen LogP contribution in [-0.4, -0.2) is 123 Å². The quantitative estimate of drug-likeness (QED) is 0.152. The molecule has 2 aliphatic rings. The van der Waals surface area contributed by atoms with Crippen LogP contribution >= 0.6 is 0 Å². The fourth-order valence-electron chi connectivity index (χ4n) is 5.02. The van der Waals surface area contributed by atoms with Crippen molar-refractivity contribution in [3.8, 4) is 17.2 Å². The van der Waals surface area contributed by atoms with Crippen LogP contribution in [0.15, 0.2) is 42.5 Å². The number of ether oxygens (including phenoxy) is 5. The molecule has 0 aromatic heterocycles. The molecule has 2 fully saturated rings. The topological polar surface area (TPSA) is 208 Å². The van der Waals surface area contributed by atoms with Crippen LogP contribution in [0.4, 0.5) is 0 Å². The largest absolute Gasteiger partial charge is 0.496 e. The molecular formula is C27H32O13. The third kappa shape index (κ3) is 5.17. The second-order valence-corrected chi connectivity index (χ2v) is 9.80. The summed E-state index contributed by atoms with van der Waals surface area (Å²) in [5.74, 6) is 0.971. The van der Waals surface area contributed by atoms with Gasteiger partial charge in [0.25, 0.3) is 0 Å². The van der Waals surface area contributed by atoms with Crippen molar-refractivity contribution in [2.75, 3.05) is 20.3 Å². The van der Waals surface area contributed by atoms with Crippen LogP contribution in [0, 0.1) is 0 Å². The number of aliphatic hydroxyl groups excluding tert-OH is 8. The second kappa shape index (κ2) is 11.6. The van der Waals surface area contributed by atoms with Crippen molar-refractivity contribution in [1.29, 1.82) is 0 Å². The Morgan fingerprint density at radius 3 is 1.70 bits per heavy atom. The highest BCUT2D eigenvalue weighted by atomic mass is 16.7. The van der Waals surface area contributed by atoms with Gasteiger partial charge in [-0.3, -0.25) is 0 Å². The van der Waals surface area contributed by atoms with E-state index in [4.69, 9.17) is 23.7 Å². The van der Waals surface area contributed by atoms with Gasteiger partial charge in [0.05, 0.1) is 20.3 Å². The zero-order valence-corrected chi connectivity index (χ0v) is 21.3. The van der Waals surface area contributed by atoms with Crippen LogP contribution in [0.5, 0.6) is 17.2 Å². The number of benzene rings is 3. The lowest BCUT2D eigenvalue weighted by Gasteiger charge is -2.39. The highest BCUT2D eigenvalue weighted by Gasteiger charge is 2.45. The van der Waals surface area contributed by atoms with Gasteiger partial charge >= 0.3 is 0 Å². The predicted molar refractivity (Wildman–Crippen MR) is 137 cm³/mol. The van der Waals surface area contributed by atoms with E-state index in [-0.39, 0.29) is 5.75 Å². The molecule has 2 aliphatic heterocycles. The smallest absolute Gasteiger partial charge is 0.229 e. The zero-order chi connectivity index (χ0) is 28.7. The lowest BCUT2D eigenvalue weighted by molar-refractivity contribution is -0.277. The Balaban J connectivity index is 1.42. The van der Waals surface area contributed by atoms with Crippen LogP contribution in [0.2, 0.25) is 0 Å². The summed E-state index contributed by atoms with van der Waals surface area (Å²) in [4.78, 5) is 0. The number of methoxy groups -OCH3 is 1. The lowest BCUT2D eigenvalue weighted by Crippen LogP contribution is -2.60. The van der Waals surface area contributed by atoms with Gasteiger partial charge in [0.15, 0.2) is 0 Å². The first-order valence-corrected chi connectivity index (χ1v) is 12.7. The van der Waals surface area contributed by atoms with E-state index in [2.05, 4.69) is 0 Å². The van der Waals surface area contributed by atoms with Crippen molar-refractivity contribution in [3.05, 3.63) is 42.5 Å². The highest BCUT2D eigenvalue weighted by molar-refractivity contribution is 6.11. The number of hydrogen-bond acceptors (Lipinski definition) is 13. The summed E-state index contributed by atoms with van der Waals surface area (Å²) in [6.45, 7) is -1.16. The van der Waals surface area contributed by atoms with Crippen LogP contribution in [-0.2, 0) is 9.47 Å². The highest BCUT2D eigenvalue weighted by Crippen LogP contribution is 2.39. The molecule has 3 aromatic rings. The molecular weight excluding hydrogens is 532 g/mol. The summed E-state index contributed by atoms with van der Waals surface area (Å²) in [5, 5.41) is 82.5. The van der Waals surface area contributed by atoms with Crippen molar-refractivity contribution >= 4 is 21.5 Å². The Kier molecular flexibility index (Phi) is 8.31. The minimum Gasteiger partial charge on any atom is -0.496 e. The number of rotatable bonds is 7. The molecule has 2 heterocycles. The summed E-state index contributed by atoms with van der Waals surface area (Å²) in [7, 11) is 1.47. The van der Waals surface area contributed by atoms with E-state index < -0.39 is 74.6 Å². The summed E-state index contributed by atoms with van der Waals surface area (Å²) in [6.07, 6.45) is -14.2. The van der Waals surface area contributed by atoms with Crippen molar-refractivity contribution in [2.45, 2.75) is 61.4 Å². The monoisotopic (exact) mass is 564 g/mol. The van der Waals surface area contributed by atoms with E-state index in [1.165, 1.54) is 7.11 Å². The Labute approximate surface area is 227 Å². The van der Waals surface area contributed by atoms with Gasteiger partial charge in [-0.2, -0.15) is 0 Å². The molecule has 8 N–H and O–H groups in total. The molecule has 10 unspecified atom stereocenters. The average Bonchev–Trinajstić information content (AvgIpc) is 2.96. The van der Waals surface area contributed by atoms with E-state index in [0.29, 0.717) is 16.9 Å². The molecule has 13 nitrogen and oxygen atoms in total. The van der Waals surface area contributed by atoms with Gasteiger partial charge in [0.2, 0.25) is 12.6 Å². The standard InChI is InChI=1S/C27H32O13/c1-36-16-8-14(38-27-25(35)23(33)21(31)18(10-29)40-27)7-12-3-2-11-6-13(4-5-15(11)19(12)16)37-26-24(34)22(32)20(30)17(9-28)39-26/h2-8,17-18,20-35H,9-10H2,1H3. The molecule has 10 atom stereocenters. The zero-order valence-electron chi connectivity index (χ0n) is 21.3. The number of fused-ring (bicyclic) bond motifs is 3. The molecule has 13 heteroatoms. The van der Waals surface area contributed by atoms with E-state index in [1.807, 2.05) is 0 Å². The van der Waals surface area contributed by atoms with Crippen molar-refractivity contribution < 1.29 is 64.5 Å². The van der Waals surface area contributed by atoms with Gasteiger partial charge < -0.3 is 64.5 Å². The maximum Gasteiger partial charge on any atom is 0.229 e. The van der Waals surface area contributed by atoms with Gasteiger partial charge in [0, 0.05) is 11.5 Å². The Morgan fingerprint density at radius 1 is 0.625 bits per heavy atom. The van der Waals surface area contributed by atoms with Crippen molar-refractivity contribution in [2.24, 2.45) is 0 Å². The van der Waals surface area contributed by atoms with Gasteiger partial charge in [-0.1, -0.05) is 12.1 Å². The van der Waals surface area contributed by atoms with Gasteiger partial charge in [-0.05, 0) is 40.4 Å². The normalized spacial score (nSPS) is 34.6. The fraction of sp³-hybridized carbons (Fsp3) is 0.481. The van der Waals surface area contributed by atoms with Gasteiger partial charge in [-0.15, -0.1) is 0 Å². The fourth-order valence-corrected chi connectivity index (χ4v) is 5.02. The number of hydrogen-bond donors (Lipinski definition) is 8. The Bertz CT molecular complexity index is 1330. The minimum atomic E-state index is -1.58. The molecule has 0 amide bonds. The molecule has 0 radical (unpaired) electrons.